The first-order valence-electron chi connectivity index (χ1n) is 9.90. The SMILES string of the molecule is Cc1cc(C)cc(N=C2NC(=O)/C(=C/c3ccc(OCc4ccc(Cl)cc4Cl)cc3)S2)c1. The number of aliphatic imine (C=N–C) groups is 1. The van der Waals surface area contributed by atoms with Gasteiger partial charge in [-0.25, -0.2) is 4.99 Å². The maximum Gasteiger partial charge on any atom is 0.264 e. The molecule has 1 amide bonds. The smallest absolute Gasteiger partial charge is 0.264 e. The van der Waals surface area contributed by atoms with Crippen molar-refractivity contribution in [2.24, 2.45) is 4.99 Å². The third kappa shape index (κ3) is 5.74. The number of amides is 1. The van der Waals surface area contributed by atoms with Gasteiger partial charge in [-0.05, 0) is 84.8 Å². The molecule has 0 aliphatic carbocycles. The average Bonchev–Trinajstić information content (AvgIpc) is 3.06. The number of hydrogen-bond acceptors (Lipinski definition) is 4. The van der Waals surface area contributed by atoms with E-state index in [2.05, 4.69) is 16.4 Å². The van der Waals surface area contributed by atoms with Crippen LogP contribution in [0.5, 0.6) is 5.75 Å². The number of hydrogen-bond donors (Lipinski definition) is 1. The summed E-state index contributed by atoms with van der Waals surface area (Å²) in [7, 11) is 0. The standard InChI is InChI=1S/C25H20Cl2N2O2S/c1-15-9-16(2)11-20(10-15)28-25-29-24(30)23(32-25)12-17-3-7-21(8-4-17)31-14-18-5-6-19(26)13-22(18)27/h3-13H,14H2,1-2H3,(H,28,29,30)/b23-12-. The highest BCUT2D eigenvalue weighted by Gasteiger charge is 2.23. The van der Waals surface area contributed by atoms with Gasteiger partial charge in [-0.3, -0.25) is 4.79 Å². The largest absolute Gasteiger partial charge is 0.489 e. The van der Waals surface area contributed by atoms with E-state index in [0.29, 0.717) is 32.5 Å². The van der Waals surface area contributed by atoms with Gasteiger partial charge >= 0.3 is 0 Å². The second kappa shape index (κ2) is 9.82. The quantitative estimate of drug-likeness (QED) is 0.395. The van der Waals surface area contributed by atoms with Crippen molar-refractivity contribution in [3.8, 4) is 5.75 Å². The Morgan fingerprint density at radius 1 is 1.00 bits per heavy atom. The van der Waals surface area contributed by atoms with Crippen molar-refractivity contribution >= 4 is 57.8 Å². The number of amidine groups is 1. The van der Waals surface area contributed by atoms with Gasteiger partial charge in [-0.15, -0.1) is 0 Å². The third-order valence-electron chi connectivity index (χ3n) is 4.68. The van der Waals surface area contributed by atoms with Crippen molar-refractivity contribution in [3.05, 3.63) is 97.9 Å². The highest BCUT2D eigenvalue weighted by molar-refractivity contribution is 8.18. The number of ether oxygens (including phenoxy) is 1. The normalized spacial score (nSPS) is 15.9. The Hall–Kier alpha value is -2.73. The van der Waals surface area contributed by atoms with E-state index >= 15 is 0 Å². The van der Waals surface area contributed by atoms with E-state index in [4.69, 9.17) is 27.9 Å². The van der Waals surface area contributed by atoms with Gasteiger partial charge in [-0.2, -0.15) is 0 Å². The first kappa shape index (κ1) is 22.5. The fourth-order valence-electron chi connectivity index (χ4n) is 3.22. The number of carbonyl (C=O) groups is 1. The second-order valence-electron chi connectivity index (χ2n) is 7.42. The number of halogens is 2. The molecule has 0 atom stereocenters. The zero-order valence-corrected chi connectivity index (χ0v) is 19.8. The van der Waals surface area contributed by atoms with Gasteiger partial charge in [-0.1, -0.05) is 47.5 Å². The zero-order valence-electron chi connectivity index (χ0n) is 17.5. The minimum absolute atomic E-state index is 0.157. The van der Waals surface area contributed by atoms with Crippen molar-refractivity contribution in [2.45, 2.75) is 20.5 Å². The summed E-state index contributed by atoms with van der Waals surface area (Å²) in [5, 5.41) is 4.57. The average molecular weight is 483 g/mol. The van der Waals surface area contributed by atoms with E-state index in [-0.39, 0.29) is 5.91 Å². The van der Waals surface area contributed by atoms with Gasteiger partial charge in [0.2, 0.25) is 0 Å². The number of nitrogens with one attached hydrogen (secondary N) is 1. The van der Waals surface area contributed by atoms with Crippen LogP contribution in [0, 0.1) is 13.8 Å². The summed E-state index contributed by atoms with van der Waals surface area (Å²) in [5.74, 6) is 0.551. The molecule has 0 bridgehead atoms. The second-order valence-corrected chi connectivity index (χ2v) is 9.30. The van der Waals surface area contributed by atoms with Crippen LogP contribution in [0.25, 0.3) is 6.08 Å². The van der Waals surface area contributed by atoms with Crippen LogP contribution in [0.3, 0.4) is 0 Å². The monoisotopic (exact) mass is 482 g/mol. The maximum absolute atomic E-state index is 12.4. The first-order chi connectivity index (χ1) is 15.4. The molecule has 0 saturated carbocycles. The predicted molar refractivity (Wildman–Crippen MR) is 134 cm³/mol. The minimum Gasteiger partial charge on any atom is -0.489 e. The van der Waals surface area contributed by atoms with Crippen molar-refractivity contribution in [1.29, 1.82) is 0 Å². The van der Waals surface area contributed by atoms with Gasteiger partial charge in [0.25, 0.3) is 5.91 Å². The van der Waals surface area contributed by atoms with Crippen LogP contribution < -0.4 is 10.1 Å². The molecule has 1 heterocycles. The van der Waals surface area contributed by atoms with E-state index < -0.39 is 0 Å². The van der Waals surface area contributed by atoms with Crippen LogP contribution in [0.1, 0.15) is 22.3 Å². The Balaban J connectivity index is 1.42. The Bertz CT molecular complexity index is 1220. The van der Waals surface area contributed by atoms with Crippen LogP contribution >= 0.6 is 35.0 Å². The summed E-state index contributed by atoms with van der Waals surface area (Å²) in [6.07, 6.45) is 1.84. The van der Waals surface area contributed by atoms with E-state index in [0.717, 1.165) is 27.9 Å². The number of benzene rings is 3. The van der Waals surface area contributed by atoms with Crippen molar-refractivity contribution in [1.82, 2.24) is 5.32 Å². The number of carbonyl (C=O) groups excluding carboxylic acids is 1. The molecule has 0 aromatic heterocycles. The molecule has 3 aromatic carbocycles. The molecular formula is C25H20Cl2N2O2S. The fourth-order valence-corrected chi connectivity index (χ4v) is 4.53. The van der Waals surface area contributed by atoms with Crippen LogP contribution in [0.2, 0.25) is 10.0 Å². The van der Waals surface area contributed by atoms with Crippen LogP contribution in [0.4, 0.5) is 5.69 Å². The molecule has 1 fully saturated rings. The lowest BCUT2D eigenvalue weighted by molar-refractivity contribution is -0.115. The van der Waals surface area contributed by atoms with Gasteiger partial charge in [0.05, 0.1) is 10.6 Å². The number of thioether (sulfide) groups is 1. The lowest BCUT2D eigenvalue weighted by atomic mass is 10.1. The summed E-state index contributed by atoms with van der Waals surface area (Å²) < 4.78 is 5.81. The molecular weight excluding hydrogens is 463 g/mol. The summed E-state index contributed by atoms with van der Waals surface area (Å²) in [6.45, 7) is 4.40. The summed E-state index contributed by atoms with van der Waals surface area (Å²) >= 11 is 13.4. The fraction of sp³-hybridized carbons (Fsp3) is 0.120. The van der Waals surface area contributed by atoms with Crippen LogP contribution in [-0.4, -0.2) is 11.1 Å². The predicted octanol–water partition coefficient (Wildman–Crippen LogP) is 7.08. The topological polar surface area (TPSA) is 50.7 Å². The number of nitrogens with zero attached hydrogens (tertiary/aromatic N) is 1. The molecule has 1 aliphatic heterocycles. The Morgan fingerprint density at radius 3 is 2.41 bits per heavy atom. The zero-order chi connectivity index (χ0) is 22.7. The molecule has 1 aliphatic rings. The lowest BCUT2D eigenvalue weighted by Crippen LogP contribution is -2.19. The minimum atomic E-state index is -0.157. The highest BCUT2D eigenvalue weighted by Crippen LogP contribution is 2.29. The third-order valence-corrected chi connectivity index (χ3v) is 6.17. The van der Waals surface area contributed by atoms with Gasteiger partial charge in [0, 0.05) is 15.6 Å². The molecule has 4 nitrogen and oxygen atoms in total. The summed E-state index contributed by atoms with van der Waals surface area (Å²) in [4.78, 5) is 17.5. The van der Waals surface area contributed by atoms with Crippen LogP contribution in [0.15, 0.2) is 70.6 Å². The first-order valence-corrected chi connectivity index (χ1v) is 11.5. The van der Waals surface area contributed by atoms with Gasteiger partial charge < -0.3 is 10.1 Å². The molecule has 4 rings (SSSR count). The molecule has 7 heteroatoms. The summed E-state index contributed by atoms with van der Waals surface area (Å²) in [5.41, 5.74) is 4.85. The Kier molecular flexibility index (Phi) is 6.89. The number of rotatable bonds is 5. The molecule has 3 aromatic rings. The van der Waals surface area contributed by atoms with E-state index in [1.54, 1.807) is 12.1 Å². The molecule has 0 spiro atoms. The van der Waals surface area contributed by atoms with Crippen LogP contribution in [-0.2, 0) is 11.4 Å². The van der Waals surface area contributed by atoms with Crippen molar-refractivity contribution in [2.75, 3.05) is 0 Å². The van der Waals surface area contributed by atoms with Crippen molar-refractivity contribution in [3.63, 3.8) is 0 Å². The Morgan fingerprint density at radius 2 is 1.72 bits per heavy atom. The highest BCUT2D eigenvalue weighted by atomic mass is 35.5. The summed E-state index contributed by atoms with van der Waals surface area (Å²) in [6, 6.07) is 18.9. The molecule has 162 valence electrons. The number of aryl methyl sites for hydroxylation is 2. The van der Waals surface area contributed by atoms with E-state index in [1.807, 2.05) is 62.4 Å². The molecule has 1 N–H and O–H groups in total. The van der Waals surface area contributed by atoms with Gasteiger partial charge in [0.1, 0.15) is 12.4 Å². The molecule has 1 saturated heterocycles. The van der Waals surface area contributed by atoms with Gasteiger partial charge in [0.15, 0.2) is 5.17 Å². The maximum atomic E-state index is 12.4. The molecule has 32 heavy (non-hydrogen) atoms. The van der Waals surface area contributed by atoms with E-state index in [9.17, 15) is 4.79 Å². The Labute approximate surface area is 201 Å². The molecule has 0 radical (unpaired) electrons. The lowest BCUT2D eigenvalue weighted by Gasteiger charge is -2.08. The van der Waals surface area contributed by atoms with Crippen molar-refractivity contribution < 1.29 is 9.53 Å². The van der Waals surface area contributed by atoms with E-state index in [1.165, 1.54) is 11.8 Å². The molecule has 0 unspecified atom stereocenters.